The summed E-state index contributed by atoms with van der Waals surface area (Å²) >= 11 is 1.49. The van der Waals surface area contributed by atoms with Crippen LogP contribution in [0.15, 0.2) is 47.4 Å². The summed E-state index contributed by atoms with van der Waals surface area (Å²) in [5.41, 5.74) is -0.361. The van der Waals surface area contributed by atoms with Crippen molar-refractivity contribution in [2.75, 3.05) is 11.1 Å². The lowest BCUT2D eigenvalue weighted by Crippen LogP contribution is -2.23. The van der Waals surface area contributed by atoms with Crippen molar-refractivity contribution >= 4 is 23.4 Å². The number of rotatable bonds is 5. The lowest BCUT2D eigenvalue weighted by atomic mass is 10.2. The van der Waals surface area contributed by atoms with Crippen molar-refractivity contribution in [3.05, 3.63) is 59.9 Å². The number of hydrogen-bond donors (Lipinski definition) is 1. The minimum Gasteiger partial charge on any atom is -0.323 e. The van der Waals surface area contributed by atoms with Gasteiger partial charge in [0.2, 0.25) is 5.91 Å². The molecule has 6 heteroatoms. The van der Waals surface area contributed by atoms with Crippen LogP contribution in [0.2, 0.25) is 0 Å². The van der Waals surface area contributed by atoms with Crippen molar-refractivity contribution in [3.63, 3.8) is 0 Å². The number of carbonyl (C=O) groups excluding carboxylic acids is 1. The fourth-order valence-corrected chi connectivity index (χ4v) is 2.63. The van der Waals surface area contributed by atoms with E-state index in [-0.39, 0.29) is 5.69 Å². The van der Waals surface area contributed by atoms with Gasteiger partial charge in [0, 0.05) is 28.7 Å². The van der Waals surface area contributed by atoms with E-state index in [0.29, 0.717) is 17.9 Å². The molecule has 0 heterocycles. The van der Waals surface area contributed by atoms with Crippen LogP contribution in [0.4, 0.5) is 18.9 Å². The highest BCUT2D eigenvalue weighted by Crippen LogP contribution is 2.22. The highest BCUT2D eigenvalue weighted by atomic mass is 32.2. The molecule has 2 nitrogen and oxygen atoms in total. The molecule has 2 aromatic rings. The van der Waals surface area contributed by atoms with E-state index in [1.165, 1.54) is 11.8 Å². The summed E-state index contributed by atoms with van der Waals surface area (Å²) in [7, 11) is 0. The second kappa shape index (κ2) is 7.35. The number of thioether (sulfide) groups is 1. The first-order valence-electron chi connectivity index (χ1n) is 6.60. The predicted molar refractivity (Wildman–Crippen MR) is 81.3 cm³/mol. The van der Waals surface area contributed by atoms with Gasteiger partial charge in [0.15, 0.2) is 11.6 Å². The molecule has 0 aliphatic rings. The molecule has 1 N–H and O–H groups in total. The summed E-state index contributed by atoms with van der Waals surface area (Å²) in [6, 6.07) is 10.6. The van der Waals surface area contributed by atoms with E-state index in [9.17, 15) is 18.0 Å². The van der Waals surface area contributed by atoms with Crippen LogP contribution in [0.1, 0.15) is 6.92 Å². The monoisotopic (exact) mass is 325 g/mol. The standard InChI is InChI=1S/C16H14F3NOS/c1-10(9-22-11-5-3-2-4-6-11)16(21)20-15-8-13(18)12(17)7-14(15)19/h2-8,10H,9H2,1H3,(H,20,21). The van der Waals surface area contributed by atoms with E-state index in [1.807, 2.05) is 30.3 Å². The fourth-order valence-electron chi connectivity index (χ4n) is 1.69. The van der Waals surface area contributed by atoms with Crippen molar-refractivity contribution in [2.24, 2.45) is 5.92 Å². The van der Waals surface area contributed by atoms with Crippen LogP contribution < -0.4 is 5.32 Å². The number of nitrogens with one attached hydrogen (secondary N) is 1. The highest BCUT2D eigenvalue weighted by Gasteiger charge is 2.17. The van der Waals surface area contributed by atoms with Crippen molar-refractivity contribution in [2.45, 2.75) is 11.8 Å². The van der Waals surface area contributed by atoms with Crippen molar-refractivity contribution < 1.29 is 18.0 Å². The molecule has 0 bridgehead atoms. The van der Waals surface area contributed by atoms with Gasteiger partial charge in [-0.15, -0.1) is 11.8 Å². The molecule has 0 aliphatic heterocycles. The Morgan fingerprint density at radius 1 is 1.09 bits per heavy atom. The van der Waals surface area contributed by atoms with Crippen LogP contribution in [0.5, 0.6) is 0 Å². The maximum atomic E-state index is 13.5. The second-order valence-electron chi connectivity index (χ2n) is 4.76. The Balaban J connectivity index is 1.95. The average Bonchev–Trinajstić information content (AvgIpc) is 2.51. The van der Waals surface area contributed by atoms with Crippen LogP contribution in [0.3, 0.4) is 0 Å². The van der Waals surface area contributed by atoms with Gasteiger partial charge in [0.1, 0.15) is 5.82 Å². The van der Waals surface area contributed by atoms with E-state index < -0.39 is 29.3 Å². The van der Waals surface area contributed by atoms with Crippen molar-refractivity contribution in [1.82, 2.24) is 0 Å². The Hall–Kier alpha value is -1.95. The number of carbonyl (C=O) groups is 1. The first-order chi connectivity index (χ1) is 10.5. The number of benzene rings is 2. The van der Waals surface area contributed by atoms with Crippen LogP contribution in [0, 0.1) is 23.4 Å². The molecule has 0 radical (unpaired) electrons. The van der Waals surface area contributed by atoms with Crippen LogP contribution in [0.25, 0.3) is 0 Å². The maximum Gasteiger partial charge on any atom is 0.228 e. The van der Waals surface area contributed by atoms with Crippen LogP contribution in [-0.2, 0) is 4.79 Å². The Kier molecular flexibility index (Phi) is 5.49. The largest absolute Gasteiger partial charge is 0.323 e. The lowest BCUT2D eigenvalue weighted by molar-refractivity contribution is -0.118. The van der Waals surface area contributed by atoms with Crippen LogP contribution >= 0.6 is 11.8 Å². The topological polar surface area (TPSA) is 29.1 Å². The number of amides is 1. The predicted octanol–water partition coefficient (Wildman–Crippen LogP) is 4.47. The Morgan fingerprint density at radius 2 is 1.73 bits per heavy atom. The zero-order valence-corrected chi connectivity index (χ0v) is 12.6. The fraction of sp³-hybridized carbons (Fsp3) is 0.188. The minimum absolute atomic E-state index is 0.361. The smallest absolute Gasteiger partial charge is 0.228 e. The molecule has 2 aromatic carbocycles. The molecule has 0 fully saturated rings. The van der Waals surface area contributed by atoms with E-state index in [0.717, 1.165) is 4.90 Å². The van der Waals surface area contributed by atoms with Gasteiger partial charge in [-0.05, 0) is 12.1 Å². The quantitative estimate of drug-likeness (QED) is 0.649. The van der Waals surface area contributed by atoms with Gasteiger partial charge in [-0.2, -0.15) is 0 Å². The average molecular weight is 325 g/mol. The summed E-state index contributed by atoms with van der Waals surface area (Å²) in [5, 5.41) is 2.28. The Bertz CT molecular complexity index is 664. The summed E-state index contributed by atoms with van der Waals surface area (Å²) < 4.78 is 39.4. The van der Waals surface area contributed by atoms with E-state index in [2.05, 4.69) is 5.32 Å². The summed E-state index contributed by atoms with van der Waals surface area (Å²) in [4.78, 5) is 13.0. The molecule has 0 saturated heterocycles. The third kappa shape index (κ3) is 4.27. The van der Waals surface area contributed by atoms with Gasteiger partial charge < -0.3 is 5.32 Å². The third-order valence-corrected chi connectivity index (χ3v) is 4.23. The zero-order valence-electron chi connectivity index (χ0n) is 11.8. The van der Waals surface area contributed by atoms with Gasteiger partial charge in [-0.1, -0.05) is 25.1 Å². The van der Waals surface area contributed by atoms with Crippen molar-refractivity contribution in [1.29, 1.82) is 0 Å². The lowest BCUT2D eigenvalue weighted by Gasteiger charge is -2.12. The van der Waals surface area contributed by atoms with E-state index in [1.54, 1.807) is 6.92 Å². The van der Waals surface area contributed by atoms with Gasteiger partial charge in [-0.25, -0.2) is 13.2 Å². The molecule has 22 heavy (non-hydrogen) atoms. The molecule has 0 aromatic heterocycles. The van der Waals surface area contributed by atoms with Gasteiger partial charge in [0.25, 0.3) is 0 Å². The van der Waals surface area contributed by atoms with Crippen molar-refractivity contribution in [3.8, 4) is 0 Å². The van der Waals surface area contributed by atoms with E-state index >= 15 is 0 Å². The Morgan fingerprint density at radius 3 is 2.41 bits per heavy atom. The highest BCUT2D eigenvalue weighted by molar-refractivity contribution is 7.99. The number of hydrogen-bond acceptors (Lipinski definition) is 2. The molecule has 1 amide bonds. The first-order valence-corrected chi connectivity index (χ1v) is 7.59. The molecular weight excluding hydrogens is 311 g/mol. The van der Waals surface area contributed by atoms with Crippen LogP contribution in [-0.4, -0.2) is 11.7 Å². The van der Waals surface area contributed by atoms with Gasteiger partial charge in [0.05, 0.1) is 5.69 Å². The zero-order chi connectivity index (χ0) is 16.1. The second-order valence-corrected chi connectivity index (χ2v) is 5.85. The molecule has 116 valence electrons. The van der Waals surface area contributed by atoms with Gasteiger partial charge >= 0.3 is 0 Å². The summed E-state index contributed by atoms with van der Waals surface area (Å²) in [5.74, 6) is -3.88. The molecule has 0 saturated carbocycles. The normalized spacial score (nSPS) is 12.0. The maximum absolute atomic E-state index is 13.5. The van der Waals surface area contributed by atoms with Gasteiger partial charge in [-0.3, -0.25) is 4.79 Å². The molecule has 1 unspecified atom stereocenters. The van der Waals surface area contributed by atoms with E-state index in [4.69, 9.17) is 0 Å². The molecule has 0 spiro atoms. The molecular formula is C16H14F3NOS. The Labute approximate surface area is 130 Å². The molecule has 1 atom stereocenters. The summed E-state index contributed by atoms with van der Waals surface area (Å²) in [6.45, 7) is 1.68. The SMILES string of the molecule is CC(CSc1ccccc1)C(=O)Nc1cc(F)c(F)cc1F. The number of halogens is 3. The number of anilines is 1. The first kappa shape index (κ1) is 16.4. The molecule has 0 aliphatic carbocycles. The minimum atomic E-state index is -1.29. The molecule has 2 rings (SSSR count). The third-order valence-electron chi connectivity index (χ3n) is 2.96. The summed E-state index contributed by atoms with van der Waals surface area (Å²) in [6.07, 6.45) is 0.